The highest BCUT2D eigenvalue weighted by atomic mass is 19.3. The predicted molar refractivity (Wildman–Crippen MR) is 71.2 cm³/mol. The van der Waals surface area contributed by atoms with Crippen LogP contribution >= 0.6 is 0 Å². The van der Waals surface area contributed by atoms with Gasteiger partial charge < -0.3 is 5.32 Å². The summed E-state index contributed by atoms with van der Waals surface area (Å²) in [6, 6.07) is 1.69. The van der Waals surface area contributed by atoms with E-state index in [0.717, 1.165) is 17.8 Å². The molecule has 0 fully saturated rings. The van der Waals surface area contributed by atoms with Gasteiger partial charge in [-0.25, -0.2) is 8.78 Å². The average molecular weight is 295 g/mol. The summed E-state index contributed by atoms with van der Waals surface area (Å²) in [4.78, 5) is 12.0. The van der Waals surface area contributed by atoms with E-state index in [-0.39, 0.29) is 18.1 Å². The number of aromatic nitrogens is 4. The highest BCUT2D eigenvalue weighted by Gasteiger charge is 2.27. The number of amides is 1. The number of nitrogens with zero attached hydrogens (tertiary/aromatic N) is 3. The normalized spacial score (nSPS) is 13.7. The summed E-state index contributed by atoms with van der Waals surface area (Å²) in [5.74, 6) is 0.0786. The number of nitrogens with one attached hydrogen (secondary N) is 2. The van der Waals surface area contributed by atoms with Gasteiger partial charge in [0.1, 0.15) is 12.2 Å². The number of rotatable bonds is 4. The van der Waals surface area contributed by atoms with Crippen LogP contribution in [0.3, 0.4) is 0 Å². The molecule has 0 atom stereocenters. The minimum atomic E-state index is -2.60. The summed E-state index contributed by atoms with van der Waals surface area (Å²) in [5.41, 5.74) is 1.99. The quantitative estimate of drug-likeness (QED) is 0.905. The van der Waals surface area contributed by atoms with Crippen molar-refractivity contribution in [2.24, 2.45) is 0 Å². The molecule has 0 aliphatic heterocycles. The first kappa shape index (κ1) is 13.7. The van der Waals surface area contributed by atoms with Crippen molar-refractivity contribution in [1.82, 2.24) is 20.0 Å². The number of aryl methyl sites for hydroxylation is 1. The largest absolute Gasteiger partial charge is 0.308 e. The van der Waals surface area contributed by atoms with E-state index >= 15 is 0 Å². The number of fused-ring (bicyclic) bond motifs is 1. The van der Waals surface area contributed by atoms with Crippen molar-refractivity contribution in [3.63, 3.8) is 0 Å². The van der Waals surface area contributed by atoms with E-state index in [0.29, 0.717) is 24.2 Å². The number of alkyl halides is 2. The summed E-state index contributed by atoms with van der Waals surface area (Å²) >= 11 is 0. The van der Waals surface area contributed by atoms with Crippen LogP contribution in [0.4, 0.5) is 14.6 Å². The number of anilines is 1. The SMILES string of the molecule is Cc1cc(NC(=O)Cn2nc(C(F)F)c3c2CCC3)n[nH]1. The van der Waals surface area contributed by atoms with Gasteiger partial charge in [-0.15, -0.1) is 0 Å². The van der Waals surface area contributed by atoms with Crippen LogP contribution in [-0.2, 0) is 24.2 Å². The minimum Gasteiger partial charge on any atom is -0.308 e. The second-order valence-electron chi connectivity index (χ2n) is 5.11. The number of aromatic amines is 1. The zero-order chi connectivity index (χ0) is 15.0. The number of carbonyl (C=O) groups is 1. The topological polar surface area (TPSA) is 75.6 Å². The Kier molecular flexibility index (Phi) is 3.44. The monoisotopic (exact) mass is 295 g/mol. The average Bonchev–Trinajstić information content (AvgIpc) is 3.08. The first-order chi connectivity index (χ1) is 10.0. The molecule has 3 rings (SSSR count). The number of hydrogen-bond acceptors (Lipinski definition) is 3. The third kappa shape index (κ3) is 2.65. The van der Waals surface area contributed by atoms with Gasteiger partial charge in [-0.3, -0.25) is 14.6 Å². The van der Waals surface area contributed by atoms with Crippen LogP contribution in [0.15, 0.2) is 6.07 Å². The maximum Gasteiger partial charge on any atom is 0.282 e. The molecule has 8 heteroatoms. The molecule has 0 radical (unpaired) electrons. The Balaban J connectivity index is 1.76. The smallest absolute Gasteiger partial charge is 0.282 e. The van der Waals surface area contributed by atoms with Gasteiger partial charge in [0.05, 0.1) is 0 Å². The maximum atomic E-state index is 12.9. The van der Waals surface area contributed by atoms with E-state index in [1.165, 1.54) is 4.68 Å². The number of H-pyrrole nitrogens is 1. The summed E-state index contributed by atoms with van der Waals surface area (Å²) < 4.78 is 27.3. The molecule has 0 saturated carbocycles. The first-order valence-corrected chi connectivity index (χ1v) is 6.73. The van der Waals surface area contributed by atoms with Crippen molar-refractivity contribution in [2.75, 3.05) is 5.32 Å². The van der Waals surface area contributed by atoms with Gasteiger partial charge in [0.2, 0.25) is 5.91 Å². The molecular formula is C13H15F2N5O. The van der Waals surface area contributed by atoms with Gasteiger partial charge in [-0.2, -0.15) is 10.2 Å². The second-order valence-corrected chi connectivity index (χ2v) is 5.11. The molecule has 2 aromatic rings. The summed E-state index contributed by atoms with van der Waals surface area (Å²) in [5, 5.41) is 13.1. The Hall–Kier alpha value is -2.25. The molecule has 2 N–H and O–H groups in total. The fourth-order valence-electron chi connectivity index (χ4n) is 2.65. The molecule has 0 spiro atoms. The molecule has 6 nitrogen and oxygen atoms in total. The fraction of sp³-hybridized carbons (Fsp3) is 0.462. The van der Waals surface area contributed by atoms with E-state index in [9.17, 15) is 13.6 Å². The fourth-order valence-corrected chi connectivity index (χ4v) is 2.65. The number of halogens is 2. The van der Waals surface area contributed by atoms with Crippen LogP contribution in [0, 0.1) is 6.92 Å². The van der Waals surface area contributed by atoms with Crippen molar-refractivity contribution in [3.05, 3.63) is 28.7 Å². The van der Waals surface area contributed by atoms with E-state index in [4.69, 9.17) is 0 Å². The third-order valence-electron chi connectivity index (χ3n) is 3.51. The number of hydrogen-bond donors (Lipinski definition) is 2. The molecule has 1 aliphatic rings. The molecule has 1 aliphatic carbocycles. The Morgan fingerprint density at radius 2 is 2.33 bits per heavy atom. The Labute approximate surface area is 119 Å². The molecule has 0 saturated heterocycles. The molecule has 0 aromatic carbocycles. The molecule has 2 aromatic heterocycles. The van der Waals surface area contributed by atoms with Crippen molar-refractivity contribution >= 4 is 11.7 Å². The van der Waals surface area contributed by atoms with Gasteiger partial charge in [0, 0.05) is 23.0 Å². The van der Waals surface area contributed by atoms with Crippen LogP contribution in [0.5, 0.6) is 0 Å². The van der Waals surface area contributed by atoms with Crippen LogP contribution in [0.1, 0.15) is 35.5 Å². The van der Waals surface area contributed by atoms with Gasteiger partial charge >= 0.3 is 0 Å². The van der Waals surface area contributed by atoms with Crippen molar-refractivity contribution in [2.45, 2.75) is 39.2 Å². The van der Waals surface area contributed by atoms with Crippen molar-refractivity contribution in [3.8, 4) is 0 Å². The first-order valence-electron chi connectivity index (χ1n) is 6.73. The molecular weight excluding hydrogens is 280 g/mol. The minimum absolute atomic E-state index is 0.0824. The molecule has 0 bridgehead atoms. The van der Waals surface area contributed by atoms with Gasteiger partial charge in [0.15, 0.2) is 5.82 Å². The van der Waals surface area contributed by atoms with Gasteiger partial charge in [-0.05, 0) is 26.2 Å². The Morgan fingerprint density at radius 3 is 3.00 bits per heavy atom. The summed E-state index contributed by atoms with van der Waals surface area (Å²) in [6.45, 7) is 1.74. The predicted octanol–water partition coefficient (Wildman–Crippen LogP) is 1.98. The maximum absolute atomic E-state index is 12.9. The lowest BCUT2D eigenvalue weighted by atomic mass is 10.2. The lowest BCUT2D eigenvalue weighted by molar-refractivity contribution is -0.117. The molecule has 112 valence electrons. The van der Waals surface area contributed by atoms with Crippen molar-refractivity contribution < 1.29 is 13.6 Å². The van der Waals surface area contributed by atoms with Crippen LogP contribution in [0.25, 0.3) is 0 Å². The third-order valence-corrected chi connectivity index (χ3v) is 3.51. The van der Waals surface area contributed by atoms with E-state index in [1.54, 1.807) is 6.07 Å². The zero-order valence-corrected chi connectivity index (χ0v) is 11.5. The standard InChI is InChI=1S/C13H15F2N5O/c1-7-5-10(18-17-7)16-11(21)6-20-9-4-2-3-8(9)12(19-20)13(14)15/h5,13H,2-4,6H2,1H3,(H2,16,17,18,21). The van der Waals surface area contributed by atoms with Crippen LogP contribution in [0.2, 0.25) is 0 Å². The van der Waals surface area contributed by atoms with Crippen LogP contribution < -0.4 is 5.32 Å². The highest BCUT2D eigenvalue weighted by molar-refractivity contribution is 5.89. The Morgan fingerprint density at radius 1 is 1.52 bits per heavy atom. The lowest BCUT2D eigenvalue weighted by Crippen LogP contribution is -2.21. The zero-order valence-electron chi connectivity index (χ0n) is 11.5. The second kappa shape index (κ2) is 5.27. The molecule has 21 heavy (non-hydrogen) atoms. The Bertz CT molecular complexity index is 676. The summed E-state index contributed by atoms with van der Waals surface area (Å²) in [7, 11) is 0. The molecule has 0 unspecified atom stereocenters. The van der Waals surface area contributed by atoms with Crippen molar-refractivity contribution in [1.29, 1.82) is 0 Å². The highest BCUT2D eigenvalue weighted by Crippen LogP contribution is 2.31. The van der Waals surface area contributed by atoms with E-state index < -0.39 is 6.43 Å². The van der Waals surface area contributed by atoms with Crippen LogP contribution in [-0.4, -0.2) is 25.9 Å². The summed E-state index contributed by atoms with van der Waals surface area (Å²) in [6.07, 6.45) is -0.485. The van der Waals surface area contributed by atoms with Gasteiger partial charge in [0.25, 0.3) is 6.43 Å². The molecule has 1 amide bonds. The lowest BCUT2D eigenvalue weighted by Gasteiger charge is -2.05. The van der Waals surface area contributed by atoms with E-state index in [2.05, 4.69) is 20.6 Å². The number of carbonyl (C=O) groups excluding carboxylic acids is 1. The molecule has 2 heterocycles. The van der Waals surface area contributed by atoms with E-state index in [1.807, 2.05) is 6.92 Å². The van der Waals surface area contributed by atoms with Gasteiger partial charge in [-0.1, -0.05) is 0 Å².